The summed E-state index contributed by atoms with van der Waals surface area (Å²) in [6.07, 6.45) is -0.443. The lowest BCUT2D eigenvalue weighted by Crippen LogP contribution is -2.36. The summed E-state index contributed by atoms with van der Waals surface area (Å²) in [5, 5.41) is 3.60. The van der Waals surface area contributed by atoms with E-state index < -0.39 is 11.6 Å². The molecule has 1 spiro atoms. The number of nitrogens with one attached hydrogen (secondary N) is 1. The highest BCUT2D eigenvalue weighted by Crippen LogP contribution is 2.62. The number of amidine groups is 2. The summed E-state index contributed by atoms with van der Waals surface area (Å²) < 4.78 is 6.70. The first kappa shape index (κ1) is 35.8. The molecule has 9 aromatic rings. The van der Waals surface area contributed by atoms with Crippen LogP contribution >= 0.6 is 0 Å². The summed E-state index contributed by atoms with van der Waals surface area (Å²) in [5.41, 5.74) is 16.8. The molecule has 0 aromatic heterocycles. The van der Waals surface area contributed by atoms with Gasteiger partial charge in [-0.05, 0) is 79.4 Å². The molecule has 4 nitrogen and oxygen atoms in total. The molecule has 1 N–H and O–H groups in total. The summed E-state index contributed by atoms with van der Waals surface area (Å²) in [5.74, 6) is 3.34. The number of fused-ring (bicyclic) bond motifs is 9. The molecule has 1 aliphatic carbocycles. The van der Waals surface area contributed by atoms with Crippen LogP contribution in [0.5, 0.6) is 11.5 Å². The highest BCUT2D eigenvalue weighted by molar-refractivity contribution is 6.16. The van der Waals surface area contributed by atoms with Gasteiger partial charge < -0.3 is 10.1 Å². The minimum Gasteiger partial charge on any atom is -0.457 e. The van der Waals surface area contributed by atoms with Crippen LogP contribution in [0.2, 0.25) is 0 Å². The number of para-hydroxylation sites is 1. The molecule has 0 saturated heterocycles. The van der Waals surface area contributed by atoms with E-state index in [0.717, 1.165) is 73.2 Å². The Morgan fingerprint density at radius 3 is 1.31 bits per heavy atom. The lowest BCUT2D eigenvalue weighted by Gasteiger charge is -2.39. The Labute approximate surface area is 361 Å². The summed E-state index contributed by atoms with van der Waals surface area (Å²) >= 11 is 0. The average molecular weight is 794 g/mol. The number of nitrogens with zero attached hydrogens (tertiary/aromatic N) is 2. The van der Waals surface area contributed by atoms with Crippen LogP contribution in [-0.2, 0) is 5.41 Å². The number of hydrogen-bond donors (Lipinski definition) is 1. The van der Waals surface area contributed by atoms with Crippen molar-refractivity contribution in [3.05, 3.63) is 263 Å². The van der Waals surface area contributed by atoms with Gasteiger partial charge in [0.05, 0.1) is 5.41 Å². The lowest BCUT2D eigenvalue weighted by molar-refractivity contribution is 0.436. The second-order valence-corrected chi connectivity index (χ2v) is 16.1. The number of benzene rings is 9. The Morgan fingerprint density at radius 2 is 0.742 bits per heavy atom. The van der Waals surface area contributed by atoms with Crippen LogP contribution in [0.25, 0.3) is 44.5 Å². The predicted molar refractivity (Wildman–Crippen MR) is 252 cm³/mol. The Morgan fingerprint density at radius 1 is 0.339 bits per heavy atom. The zero-order valence-electron chi connectivity index (χ0n) is 33.7. The van der Waals surface area contributed by atoms with Crippen molar-refractivity contribution in [3.63, 3.8) is 0 Å². The molecule has 2 heterocycles. The maximum atomic E-state index is 6.70. The summed E-state index contributed by atoms with van der Waals surface area (Å²) in [6, 6.07) is 79.8. The molecular weight excluding hydrogens is 755 g/mol. The number of ether oxygens (including phenoxy) is 1. The molecule has 4 heteroatoms. The number of rotatable bonds is 6. The maximum absolute atomic E-state index is 6.70. The Kier molecular flexibility index (Phi) is 8.42. The maximum Gasteiger partial charge on any atom is 0.169 e. The van der Waals surface area contributed by atoms with E-state index in [1.54, 1.807) is 0 Å². The number of hydrogen-bond acceptors (Lipinski definition) is 4. The minimum atomic E-state index is -0.517. The molecule has 0 atom stereocenters. The van der Waals surface area contributed by atoms with Crippen molar-refractivity contribution in [2.75, 3.05) is 0 Å². The zero-order chi connectivity index (χ0) is 41.0. The minimum absolute atomic E-state index is 0.443. The van der Waals surface area contributed by atoms with Crippen LogP contribution in [-0.4, -0.2) is 11.7 Å². The van der Waals surface area contributed by atoms with Gasteiger partial charge >= 0.3 is 0 Å². The van der Waals surface area contributed by atoms with Crippen LogP contribution in [0, 0.1) is 0 Å². The van der Waals surface area contributed by atoms with Gasteiger partial charge in [0.15, 0.2) is 6.17 Å². The second-order valence-electron chi connectivity index (χ2n) is 16.1. The molecule has 292 valence electrons. The Bertz CT molecular complexity index is 3060. The molecule has 0 radical (unpaired) electrons. The lowest BCUT2D eigenvalue weighted by atomic mass is 9.66. The van der Waals surface area contributed by atoms with Crippen molar-refractivity contribution in [1.29, 1.82) is 0 Å². The number of aliphatic imine (C=N–C) groups is 2. The van der Waals surface area contributed by atoms with Crippen molar-refractivity contribution >= 4 is 11.7 Å². The molecule has 9 aromatic carbocycles. The van der Waals surface area contributed by atoms with Crippen molar-refractivity contribution in [2.24, 2.45) is 9.98 Å². The molecule has 3 aliphatic rings. The molecule has 62 heavy (non-hydrogen) atoms. The van der Waals surface area contributed by atoms with Gasteiger partial charge in [-0.15, -0.1) is 0 Å². The van der Waals surface area contributed by atoms with E-state index in [1.165, 1.54) is 33.4 Å². The fourth-order valence-electron chi connectivity index (χ4n) is 9.68. The van der Waals surface area contributed by atoms with Gasteiger partial charge in [0.2, 0.25) is 0 Å². The van der Waals surface area contributed by atoms with Crippen molar-refractivity contribution in [3.8, 4) is 56.0 Å². The molecule has 0 amide bonds. The Balaban J connectivity index is 0.927. The summed E-state index contributed by atoms with van der Waals surface area (Å²) in [7, 11) is 0. The van der Waals surface area contributed by atoms with Crippen molar-refractivity contribution < 1.29 is 4.74 Å². The topological polar surface area (TPSA) is 46.0 Å². The first-order valence-electron chi connectivity index (χ1n) is 21.2. The molecule has 2 aliphatic heterocycles. The van der Waals surface area contributed by atoms with Gasteiger partial charge in [-0.1, -0.05) is 206 Å². The fraction of sp³-hybridized carbons (Fsp3) is 0.0345. The van der Waals surface area contributed by atoms with Crippen LogP contribution < -0.4 is 10.1 Å². The fourth-order valence-corrected chi connectivity index (χ4v) is 9.68. The molecular formula is C58H39N3O. The SMILES string of the molecule is c1ccc(-c2ccc(C3=NC(c4ccc(-c5ccc6c(c5)C5(c7ccccc7O6)c6ccccc6-c6ccccc65)cc4)N=C(c4ccc(-c5ccccc5)cc4)N3)cc2)cc1. The van der Waals surface area contributed by atoms with E-state index >= 15 is 0 Å². The van der Waals surface area contributed by atoms with Gasteiger partial charge in [-0.3, -0.25) is 0 Å². The average Bonchev–Trinajstić information content (AvgIpc) is 3.65. The Hall–Kier alpha value is -8.08. The molecule has 0 unspecified atom stereocenters. The predicted octanol–water partition coefficient (Wildman–Crippen LogP) is 13.7. The second kappa shape index (κ2) is 14.6. The first-order valence-corrected chi connectivity index (χ1v) is 21.2. The van der Waals surface area contributed by atoms with Gasteiger partial charge in [0.1, 0.15) is 23.2 Å². The summed E-state index contributed by atoms with van der Waals surface area (Å²) in [6.45, 7) is 0. The van der Waals surface area contributed by atoms with Crippen LogP contribution in [0.15, 0.2) is 234 Å². The van der Waals surface area contributed by atoms with E-state index in [9.17, 15) is 0 Å². The van der Waals surface area contributed by atoms with E-state index in [4.69, 9.17) is 14.7 Å². The third-order valence-electron chi connectivity index (χ3n) is 12.7. The summed E-state index contributed by atoms with van der Waals surface area (Å²) in [4.78, 5) is 10.5. The molecule has 0 fully saturated rings. The molecule has 0 bridgehead atoms. The van der Waals surface area contributed by atoms with Crippen LogP contribution in [0.1, 0.15) is 45.1 Å². The monoisotopic (exact) mass is 793 g/mol. The van der Waals surface area contributed by atoms with Gasteiger partial charge in [-0.25, -0.2) is 9.98 Å². The highest BCUT2D eigenvalue weighted by Gasteiger charge is 2.51. The van der Waals surface area contributed by atoms with Gasteiger partial charge in [-0.2, -0.15) is 0 Å². The third-order valence-corrected chi connectivity index (χ3v) is 12.7. The smallest absolute Gasteiger partial charge is 0.169 e. The standard InChI is InChI=1S/C58H39N3O/c1-3-13-38(14-4-1)40-23-29-43(30-24-40)55-59-56(44-31-25-41(26-32-44)39-15-5-2-6-16-39)61-57(60-55)45-33-27-42(28-34-45)46-35-36-54-52(37-46)58(51-21-11-12-22-53(51)62-54)49-19-9-7-17-47(49)48-18-8-10-20-50(48)58/h1-37,57H,(H,59,60,61). The van der Waals surface area contributed by atoms with E-state index in [2.05, 4.69) is 218 Å². The van der Waals surface area contributed by atoms with Crippen LogP contribution in [0.4, 0.5) is 0 Å². The van der Waals surface area contributed by atoms with Crippen LogP contribution in [0.3, 0.4) is 0 Å². The molecule has 12 rings (SSSR count). The van der Waals surface area contributed by atoms with Gasteiger partial charge in [0.25, 0.3) is 0 Å². The quantitative estimate of drug-likeness (QED) is 0.182. The highest BCUT2D eigenvalue weighted by atomic mass is 16.5. The van der Waals surface area contributed by atoms with Crippen molar-refractivity contribution in [1.82, 2.24) is 5.32 Å². The molecule has 0 saturated carbocycles. The van der Waals surface area contributed by atoms with E-state index in [1.807, 2.05) is 12.1 Å². The largest absolute Gasteiger partial charge is 0.457 e. The zero-order valence-corrected chi connectivity index (χ0v) is 33.7. The van der Waals surface area contributed by atoms with Crippen molar-refractivity contribution in [2.45, 2.75) is 11.6 Å². The first-order chi connectivity index (χ1) is 30.7. The normalized spacial score (nSPS) is 14.3. The van der Waals surface area contributed by atoms with E-state index in [-0.39, 0.29) is 0 Å². The van der Waals surface area contributed by atoms with E-state index in [0.29, 0.717) is 0 Å². The third kappa shape index (κ3) is 5.83. The van der Waals surface area contributed by atoms with Gasteiger partial charge in [0, 0.05) is 22.3 Å².